The third-order valence-electron chi connectivity index (χ3n) is 2.65. The Bertz CT molecular complexity index is 598. The Morgan fingerprint density at radius 2 is 1.75 bits per heavy atom. The van der Waals surface area contributed by atoms with Gasteiger partial charge < -0.3 is 5.73 Å². The molecule has 2 aromatic rings. The topological polar surface area (TPSA) is 67.1 Å². The van der Waals surface area contributed by atoms with Crippen LogP contribution in [-0.4, -0.2) is 5.91 Å². The van der Waals surface area contributed by atoms with Crippen molar-refractivity contribution in [2.24, 2.45) is 0 Å². The lowest BCUT2D eigenvalue weighted by molar-refractivity contribution is 0.0942. The Balaban J connectivity index is 1.98. The van der Waals surface area contributed by atoms with E-state index >= 15 is 0 Å². The van der Waals surface area contributed by atoms with Gasteiger partial charge in [-0.2, -0.15) is 0 Å². The van der Waals surface area contributed by atoms with Crippen molar-refractivity contribution in [3.63, 3.8) is 0 Å². The van der Waals surface area contributed by atoms with E-state index in [1.807, 2.05) is 24.3 Å². The first-order chi connectivity index (χ1) is 9.56. The van der Waals surface area contributed by atoms with E-state index in [0.717, 1.165) is 9.13 Å². The highest BCUT2D eigenvalue weighted by molar-refractivity contribution is 14.1. The summed E-state index contributed by atoms with van der Waals surface area (Å²) in [6, 6.07) is 14.6. The number of hydrogen-bond donors (Lipinski definition) is 3. The predicted octanol–water partition coefficient (Wildman–Crippen LogP) is 2.78. The number of carbonyl (C=O) groups is 1. The molecule has 0 unspecified atom stereocenters. The molecule has 0 heterocycles. The number of halogens is 1. The van der Waals surface area contributed by atoms with Crippen LogP contribution in [0.25, 0.3) is 5.70 Å². The van der Waals surface area contributed by atoms with Crippen LogP contribution < -0.4 is 16.6 Å². The van der Waals surface area contributed by atoms with Gasteiger partial charge in [0.05, 0.1) is 5.70 Å². The molecule has 2 aromatic carbocycles. The summed E-state index contributed by atoms with van der Waals surface area (Å²) in [6.07, 6.45) is 0. The number of rotatable bonds is 4. The first kappa shape index (κ1) is 14.4. The van der Waals surface area contributed by atoms with Crippen LogP contribution in [0, 0.1) is 3.57 Å². The molecular weight excluding hydrogens is 365 g/mol. The summed E-state index contributed by atoms with van der Waals surface area (Å²) in [5.74, 6) is -0.214. The van der Waals surface area contributed by atoms with Crippen molar-refractivity contribution >= 4 is 39.9 Å². The highest BCUT2D eigenvalue weighted by Crippen LogP contribution is 2.12. The molecule has 4 N–H and O–H groups in total. The van der Waals surface area contributed by atoms with Crippen molar-refractivity contribution < 1.29 is 4.79 Å². The van der Waals surface area contributed by atoms with Gasteiger partial charge in [0.1, 0.15) is 0 Å². The summed E-state index contributed by atoms with van der Waals surface area (Å²) >= 11 is 2.16. The number of hydrogen-bond acceptors (Lipinski definition) is 3. The molecule has 102 valence electrons. The zero-order valence-electron chi connectivity index (χ0n) is 10.7. The van der Waals surface area contributed by atoms with Gasteiger partial charge in [0.15, 0.2) is 0 Å². The van der Waals surface area contributed by atoms with E-state index in [0.29, 0.717) is 16.9 Å². The number of nitrogens with one attached hydrogen (secondary N) is 2. The number of benzene rings is 2. The van der Waals surface area contributed by atoms with Crippen LogP contribution in [-0.2, 0) is 0 Å². The zero-order chi connectivity index (χ0) is 14.5. The van der Waals surface area contributed by atoms with Crippen LogP contribution in [0.1, 0.15) is 15.9 Å². The summed E-state index contributed by atoms with van der Waals surface area (Å²) in [5, 5.41) is 0. The minimum atomic E-state index is -0.214. The summed E-state index contributed by atoms with van der Waals surface area (Å²) in [4.78, 5) is 12.0. The second-order valence-corrected chi connectivity index (χ2v) is 5.44. The third-order valence-corrected chi connectivity index (χ3v) is 3.32. The largest absolute Gasteiger partial charge is 0.399 e. The van der Waals surface area contributed by atoms with Crippen LogP contribution in [0.3, 0.4) is 0 Å². The molecule has 0 fully saturated rings. The molecule has 0 aliphatic heterocycles. The summed E-state index contributed by atoms with van der Waals surface area (Å²) in [7, 11) is 0. The number of anilines is 1. The Labute approximate surface area is 131 Å². The van der Waals surface area contributed by atoms with Crippen molar-refractivity contribution in [2.45, 2.75) is 0 Å². The zero-order valence-corrected chi connectivity index (χ0v) is 12.8. The Morgan fingerprint density at radius 1 is 1.05 bits per heavy atom. The average Bonchev–Trinajstić information content (AvgIpc) is 2.44. The molecule has 0 aliphatic carbocycles. The fraction of sp³-hybridized carbons (Fsp3) is 0. The highest BCUT2D eigenvalue weighted by atomic mass is 127. The van der Waals surface area contributed by atoms with E-state index in [9.17, 15) is 4.79 Å². The Kier molecular flexibility index (Phi) is 4.62. The van der Waals surface area contributed by atoms with E-state index in [2.05, 4.69) is 40.0 Å². The van der Waals surface area contributed by atoms with Gasteiger partial charge in [0.25, 0.3) is 5.91 Å². The number of nitrogens with two attached hydrogens (primary N) is 1. The van der Waals surface area contributed by atoms with E-state index in [4.69, 9.17) is 5.73 Å². The van der Waals surface area contributed by atoms with Gasteiger partial charge in [-0.1, -0.05) is 24.8 Å². The lowest BCUT2D eigenvalue weighted by atomic mass is 10.1. The molecule has 2 rings (SSSR count). The van der Waals surface area contributed by atoms with Crippen LogP contribution in [0.2, 0.25) is 0 Å². The van der Waals surface area contributed by atoms with E-state index in [-0.39, 0.29) is 5.91 Å². The van der Waals surface area contributed by atoms with Gasteiger partial charge >= 0.3 is 0 Å². The fourth-order valence-electron chi connectivity index (χ4n) is 1.63. The predicted molar refractivity (Wildman–Crippen MR) is 89.6 cm³/mol. The first-order valence-electron chi connectivity index (χ1n) is 5.93. The Morgan fingerprint density at radius 3 is 2.45 bits per heavy atom. The van der Waals surface area contributed by atoms with Crippen molar-refractivity contribution in [2.75, 3.05) is 5.73 Å². The maximum Gasteiger partial charge on any atom is 0.269 e. The third kappa shape index (κ3) is 3.74. The van der Waals surface area contributed by atoms with Crippen LogP contribution in [0.4, 0.5) is 5.69 Å². The van der Waals surface area contributed by atoms with Gasteiger partial charge in [-0.25, -0.2) is 0 Å². The van der Waals surface area contributed by atoms with Gasteiger partial charge in [-0.3, -0.25) is 15.6 Å². The lowest BCUT2D eigenvalue weighted by Gasteiger charge is -2.11. The van der Waals surface area contributed by atoms with Crippen molar-refractivity contribution in [1.82, 2.24) is 10.9 Å². The molecule has 0 saturated heterocycles. The summed E-state index contributed by atoms with van der Waals surface area (Å²) < 4.78 is 1.00. The van der Waals surface area contributed by atoms with E-state index in [1.54, 1.807) is 24.3 Å². The van der Waals surface area contributed by atoms with Crippen LogP contribution in [0.5, 0.6) is 0 Å². The van der Waals surface area contributed by atoms with Gasteiger partial charge in [-0.05, 0) is 52.9 Å². The number of amides is 1. The maximum atomic E-state index is 12.0. The lowest BCUT2D eigenvalue weighted by Crippen LogP contribution is -2.35. The average molecular weight is 379 g/mol. The molecule has 0 radical (unpaired) electrons. The second kappa shape index (κ2) is 6.42. The highest BCUT2D eigenvalue weighted by Gasteiger charge is 2.06. The van der Waals surface area contributed by atoms with E-state index in [1.165, 1.54) is 0 Å². The molecule has 0 atom stereocenters. The molecule has 4 nitrogen and oxygen atoms in total. The molecule has 20 heavy (non-hydrogen) atoms. The number of carbonyl (C=O) groups excluding carboxylic acids is 1. The molecule has 0 bridgehead atoms. The minimum Gasteiger partial charge on any atom is -0.399 e. The molecule has 5 heteroatoms. The van der Waals surface area contributed by atoms with Crippen LogP contribution >= 0.6 is 22.6 Å². The summed E-state index contributed by atoms with van der Waals surface area (Å²) in [5.41, 5.74) is 13.7. The monoisotopic (exact) mass is 379 g/mol. The minimum absolute atomic E-state index is 0.214. The SMILES string of the molecule is C=C(NNC(=O)c1cccc(I)c1)c1cccc(N)c1. The van der Waals surface area contributed by atoms with E-state index < -0.39 is 0 Å². The molecule has 0 saturated carbocycles. The quantitative estimate of drug-likeness (QED) is 0.435. The van der Waals surface area contributed by atoms with Crippen molar-refractivity contribution in [3.05, 3.63) is 69.8 Å². The van der Waals surface area contributed by atoms with Crippen molar-refractivity contribution in [1.29, 1.82) is 0 Å². The molecule has 1 amide bonds. The normalized spacial score (nSPS) is 9.85. The molecular formula is C15H14IN3O. The smallest absolute Gasteiger partial charge is 0.269 e. The number of nitrogen functional groups attached to an aromatic ring is 1. The number of hydrazine groups is 1. The molecule has 0 spiro atoms. The summed E-state index contributed by atoms with van der Waals surface area (Å²) in [6.45, 7) is 3.87. The van der Waals surface area contributed by atoms with Gasteiger partial charge in [0, 0.05) is 20.4 Å². The first-order valence-corrected chi connectivity index (χ1v) is 7.01. The van der Waals surface area contributed by atoms with Crippen LogP contribution in [0.15, 0.2) is 55.1 Å². The van der Waals surface area contributed by atoms with Crippen molar-refractivity contribution in [3.8, 4) is 0 Å². The fourth-order valence-corrected chi connectivity index (χ4v) is 2.18. The maximum absolute atomic E-state index is 12.0. The second-order valence-electron chi connectivity index (χ2n) is 4.19. The standard InChI is InChI=1S/C15H14IN3O/c1-10(11-4-3-7-14(17)9-11)18-19-15(20)12-5-2-6-13(16)8-12/h2-9,18H,1,17H2,(H,19,20). The molecule has 0 aliphatic rings. The Hall–Kier alpha value is -2.02. The van der Waals surface area contributed by atoms with Gasteiger partial charge in [-0.15, -0.1) is 0 Å². The molecule has 0 aromatic heterocycles. The van der Waals surface area contributed by atoms with Gasteiger partial charge in [0.2, 0.25) is 0 Å².